The quantitative estimate of drug-likeness (QED) is 0.583. The third-order valence-corrected chi connectivity index (χ3v) is 4.25. The Balaban J connectivity index is 1.88. The van der Waals surface area contributed by atoms with Gasteiger partial charge >= 0.3 is 0 Å². The Morgan fingerprint density at radius 2 is 1.77 bits per heavy atom. The van der Waals surface area contributed by atoms with Crippen molar-refractivity contribution in [2.45, 2.75) is 0 Å². The number of rotatable bonds is 4. The molecule has 6 nitrogen and oxygen atoms in total. The molecule has 0 saturated heterocycles. The Morgan fingerprint density at radius 3 is 2.58 bits per heavy atom. The van der Waals surface area contributed by atoms with Crippen molar-refractivity contribution in [3.63, 3.8) is 0 Å². The summed E-state index contributed by atoms with van der Waals surface area (Å²) in [5, 5.41) is 9.79. The molecule has 0 spiro atoms. The molecule has 0 radical (unpaired) electrons. The van der Waals surface area contributed by atoms with Crippen LogP contribution in [0, 0.1) is 0 Å². The molecular weight excluding hydrogens is 330 g/mol. The smallest absolute Gasteiger partial charge is 0.161 e. The van der Waals surface area contributed by atoms with Gasteiger partial charge in [0.15, 0.2) is 17.1 Å². The lowest BCUT2D eigenvalue weighted by atomic mass is 10.1. The van der Waals surface area contributed by atoms with Crippen LogP contribution in [0.15, 0.2) is 54.9 Å². The summed E-state index contributed by atoms with van der Waals surface area (Å²) in [6, 6.07) is 12.9. The first-order valence-electron chi connectivity index (χ1n) is 8.06. The Kier molecular flexibility index (Phi) is 3.93. The fraction of sp³-hybridized carbons (Fsp3) is 0.100. The maximum absolute atomic E-state index is 9.79. The van der Waals surface area contributed by atoms with Crippen LogP contribution in [-0.4, -0.2) is 34.3 Å². The summed E-state index contributed by atoms with van der Waals surface area (Å²) in [6.07, 6.45) is 3.57. The minimum absolute atomic E-state index is 0.0849. The number of aromatic amines is 1. The van der Waals surface area contributed by atoms with Gasteiger partial charge in [0.2, 0.25) is 0 Å². The van der Waals surface area contributed by atoms with Crippen molar-refractivity contribution in [2.75, 3.05) is 14.2 Å². The van der Waals surface area contributed by atoms with Crippen molar-refractivity contribution < 1.29 is 14.6 Å². The minimum Gasteiger partial charge on any atom is -0.504 e. The number of ether oxygens (including phenoxy) is 2. The number of nitrogens with one attached hydrogen (secondary N) is 1. The topological polar surface area (TPSA) is 80.3 Å². The summed E-state index contributed by atoms with van der Waals surface area (Å²) in [5.41, 5.74) is 4.79. The highest BCUT2D eigenvalue weighted by Gasteiger charge is 2.14. The van der Waals surface area contributed by atoms with Crippen LogP contribution in [0.25, 0.3) is 33.5 Å². The maximum atomic E-state index is 9.79. The number of fused-ring (bicyclic) bond motifs is 1. The molecule has 0 aliphatic heterocycles. The molecule has 0 saturated carbocycles. The number of phenolic OH excluding ortho intramolecular Hbond substituents is 1. The molecule has 2 aromatic carbocycles. The molecule has 0 amide bonds. The van der Waals surface area contributed by atoms with Crippen LogP contribution in [0.5, 0.6) is 17.2 Å². The van der Waals surface area contributed by atoms with Gasteiger partial charge in [-0.2, -0.15) is 0 Å². The number of H-pyrrole nitrogens is 1. The van der Waals surface area contributed by atoms with E-state index in [1.165, 1.54) is 7.11 Å². The Morgan fingerprint density at radius 1 is 0.962 bits per heavy atom. The lowest BCUT2D eigenvalue weighted by molar-refractivity contribution is 0.373. The molecule has 2 N–H and O–H groups in total. The molecule has 2 heterocycles. The first kappa shape index (κ1) is 16.0. The molecule has 0 atom stereocenters. The average Bonchev–Trinajstić information content (AvgIpc) is 3.11. The van der Waals surface area contributed by atoms with Gasteiger partial charge in [-0.25, -0.2) is 9.97 Å². The Bertz CT molecular complexity index is 1090. The lowest BCUT2D eigenvalue weighted by Gasteiger charge is -2.08. The summed E-state index contributed by atoms with van der Waals surface area (Å²) in [5.74, 6) is 1.25. The SMILES string of the molecule is COc1cc(-c2cnc3[nH]cc(-c4ccccc4OC)c3n2)ccc1O. The van der Waals surface area contributed by atoms with E-state index < -0.39 is 0 Å². The third-order valence-electron chi connectivity index (χ3n) is 4.25. The maximum Gasteiger partial charge on any atom is 0.161 e. The number of benzene rings is 2. The second-order valence-corrected chi connectivity index (χ2v) is 5.74. The lowest BCUT2D eigenvalue weighted by Crippen LogP contribution is -1.91. The molecule has 26 heavy (non-hydrogen) atoms. The van der Waals surface area contributed by atoms with E-state index in [4.69, 9.17) is 14.5 Å². The summed E-state index contributed by atoms with van der Waals surface area (Å²) in [6.45, 7) is 0. The zero-order valence-electron chi connectivity index (χ0n) is 14.4. The highest BCUT2D eigenvalue weighted by molar-refractivity contribution is 5.93. The van der Waals surface area contributed by atoms with Gasteiger partial charge in [0.25, 0.3) is 0 Å². The van der Waals surface area contributed by atoms with Crippen molar-refractivity contribution in [1.82, 2.24) is 15.0 Å². The summed E-state index contributed by atoms with van der Waals surface area (Å²) in [4.78, 5) is 12.4. The fourth-order valence-electron chi connectivity index (χ4n) is 2.94. The predicted molar refractivity (Wildman–Crippen MR) is 99.5 cm³/mol. The summed E-state index contributed by atoms with van der Waals surface area (Å²) >= 11 is 0. The number of methoxy groups -OCH3 is 2. The number of hydrogen-bond acceptors (Lipinski definition) is 5. The highest BCUT2D eigenvalue weighted by Crippen LogP contribution is 2.35. The molecule has 0 aliphatic carbocycles. The standard InChI is InChI=1S/C20H17N3O3/c1-25-17-6-4-3-5-13(17)14-10-21-20-19(14)23-15(11-22-20)12-7-8-16(24)18(9-12)26-2/h3-11,24H,1-2H3,(H,21,22). The van der Waals surface area contributed by atoms with E-state index in [0.29, 0.717) is 17.1 Å². The molecular formula is C20H17N3O3. The Hall–Kier alpha value is -3.54. The predicted octanol–water partition coefficient (Wildman–Crippen LogP) is 4.01. The van der Waals surface area contributed by atoms with Crippen molar-refractivity contribution >= 4 is 11.2 Å². The van der Waals surface area contributed by atoms with Crippen LogP contribution in [0.4, 0.5) is 0 Å². The van der Waals surface area contributed by atoms with Gasteiger partial charge in [0.1, 0.15) is 11.3 Å². The number of aromatic nitrogens is 3. The monoisotopic (exact) mass is 347 g/mol. The molecule has 4 aromatic rings. The molecule has 0 bridgehead atoms. The normalized spacial score (nSPS) is 10.8. The number of aromatic hydroxyl groups is 1. The number of hydrogen-bond donors (Lipinski definition) is 2. The molecule has 0 fully saturated rings. The van der Waals surface area contributed by atoms with E-state index in [0.717, 1.165) is 28.0 Å². The van der Waals surface area contributed by atoms with E-state index in [2.05, 4.69) is 9.97 Å². The summed E-state index contributed by atoms with van der Waals surface area (Å²) < 4.78 is 10.7. The molecule has 130 valence electrons. The number of para-hydroxylation sites is 1. The average molecular weight is 347 g/mol. The number of nitrogens with zero attached hydrogens (tertiary/aromatic N) is 2. The van der Waals surface area contributed by atoms with Gasteiger partial charge in [-0.3, -0.25) is 0 Å². The van der Waals surface area contributed by atoms with Gasteiger partial charge < -0.3 is 19.6 Å². The van der Waals surface area contributed by atoms with E-state index in [1.54, 1.807) is 31.5 Å². The molecule has 0 unspecified atom stereocenters. The van der Waals surface area contributed by atoms with Crippen molar-refractivity contribution in [1.29, 1.82) is 0 Å². The van der Waals surface area contributed by atoms with Crippen molar-refractivity contribution in [2.24, 2.45) is 0 Å². The van der Waals surface area contributed by atoms with Gasteiger partial charge in [-0.1, -0.05) is 18.2 Å². The fourth-order valence-corrected chi connectivity index (χ4v) is 2.94. The molecule has 2 aromatic heterocycles. The molecule has 0 aliphatic rings. The first-order chi connectivity index (χ1) is 12.7. The zero-order valence-corrected chi connectivity index (χ0v) is 14.4. The minimum atomic E-state index is 0.0849. The van der Waals surface area contributed by atoms with Gasteiger partial charge in [-0.15, -0.1) is 0 Å². The summed E-state index contributed by atoms with van der Waals surface area (Å²) in [7, 11) is 3.16. The van der Waals surface area contributed by atoms with Crippen LogP contribution in [0.3, 0.4) is 0 Å². The van der Waals surface area contributed by atoms with Crippen LogP contribution >= 0.6 is 0 Å². The first-order valence-corrected chi connectivity index (χ1v) is 8.06. The van der Waals surface area contributed by atoms with Gasteiger partial charge in [-0.05, 0) is 24.3 Å². The Labute approximate surface area is 150 Å². The zero-order chi connectivity index (χ0) is 18.1. The van der Waals surface area contributed by atoms with E-state index in [-0.39, 0.29) is 5.75 Å². The van der Waals surface area contributed by atoms with Crippen molar-refractivity contribution in [3.05, 3.63) is 54.9 Å². The third kappa shape index (κ3) is 2.61. The van der Waals surface area contributed by atoms with Crippen LogP contribution < -0.4 is 9.47 Å². The van der Waals surface area contributed by atoms with Crippen LogP contribution in [0.1, 0.15) is 0 Å². The number of phenols is 1. The van der Waals surface area contributed by atoms with E-state index in [9.17, 15) is 5.11 Å². The molecule has 6 heteroatoms. The van der Waals surface area contributed by atoms with Crippen LogP contribution in [0.2, 0.25) is 0 Å². The second kappa shape index (κ2) is 6.40. The van der Waals surface area contributed by atoms with Gasteiger partial charge in [0, 0.05) is 22.9 Å². The van der Waals surface area contributed by atoms with Crippen molar-refractivity contribution in [3.8, 4) is 39.6 Å². The highest BCUT2D eigenvalue weighted by atomic mass is 16.5. The van der Waals surface area contributed by atoms with Gasteiger partial charge in [0.05, 0.1) is 26.1 Å². The van der Waals surface area contributed by atoms with Crippen LogP contribution in [-0.2, 0) is 0 Å². The van der Waals surface area contributed by atoms with E-state index >= 15 is 0 Å². The van der Waals surface area contributed by atoms with E-state index in [1.807, 2.05) is 30.5 Å². The second-order valence-electron chi connectivity index (χ2n) is 5.74. The largest absolute Gasteiger partial charge is 0.504 e. The molecule has 4 rings (SSSR count).